The van der Waals surface area contributed by atoms with Gasteiger partial charge in [0.15, 0.2) is 0 Å². The van der Waals surface area contributed by atoms with E-state index in [2.05, 4.69) is 26.5 Å². The van der Waals surface area contributed by atoms with Crippen LogP contribution in [-0.2, 0) is 9.84 Å². The number of sulfone groups is 1. The summed E-state index contributed by atoms with van der Waals surface area (Å²) in [4.78, 5) is 13.1. The third-order valence-corrected chi connectivity index (χ3v) is 6.45. The summed E-state index contributed by atoms with van der Waals surface area (Å²) in [5.74, 6) is -0.645. The molecule has 26 heavy (non-hydrogen) atoms. The highest BCUT2D eigenvalue weighted by Gasteiger charge is 2.30. The average molecular weight is 449 g/mol. The van der Waals surface area contributed by atoms with Crippen molar-refractivity contribution in [2.24, 2.45) is 5.10 Å². The molecule has 1 heterocycles. The van der Waals surface area contributed by atoms with Gasteiger partial charge in [0.1, 0.15) is 0 Å². The first-order valence-electron chi connectivity index (χ1n) is 7.46. The lowest BCUT2D eigenvalue weighted by molar-refractivity contribution is 0.107. The van der Waals surface area contributed by atoms with E-state index in [9.17, 15) is 13.2 Å². The van der Waals surface area contributed by atoms with Gasteiger partial charge in [-0.3, -0.25) is 10.2 Å². The van der Waals surface area contributed by atoms with Gasteiger partial charge >= 0.3 is 0 Å². The molecule has 1 N–H and O–H groups in total. The highest BCUT2D eigenvalue weighted by Crippen LogP contribution is 2.19. The van der Waals surface area contributed by atoms with Crippen LogP contribution in [-0.4, -0.2) is 19.2 Å². The summed E-state index contributed by atoms with van der Waals surface area (Å²) in [6.07, 6.45) is 0. The fourth-order valence-corrected chi connectivity index (χ4v) is 4.35. The molecule has 5 nitrogen and oxygen atoms in total. The minimum atomic E-state index is -4.07. The Hall–Kier alpha value is -2.29. The number of carbonyl (C=O) groups excluding carboxylic acids is 1. The first kappa shape index (κ1) is 18.5. The number of rotatable bonds is 5. The number of thiophene rings is 1. The van der Waals surface area contributed by atoms with Gasteiger partial charge in [-0.1, -0.05) is 40.2 Å². The quantitative estimate of drug-likeness (QED) is 0.268. The number of benzene rings is 2. The molecule has 3 aromatic rings. The van der Waals surface area contributed by atoms with E-state index in [4.69, 9.17) is 0 Å². The van der Waals surface area contributed by atoms with Gasteiger partial charge in [-0.25, -0.2) is 8.42 Å². The zero-order chi connectivity index (χ0) is 18.6. The summed E-state index contributed by atoms with van der Waals surface area (Å²) in [5, 5.41) is 5.11. The molecular weight excluding hydrogens is 436 g/mol. The molecule has 0 amide bonds. The largest absolute Gasteiger partial charge is 0.285 e. The van der Waals surface area contributed by atoms with Crippen LogP contribution in [0, 0.1) is 0 Å². The third-order valence-electron chi connectivity index (χ3n) is 3.38. The number of hydrogen-bond acceptors (Lipinski definition) is 6. The molecule has 0 bridgehead atoms. The van der Waals surface area contributed by atoms with Crippen LogP contribution in [0.4, 0.5) is 5.69 Å². The van der Waals surface area contributed by atoms with Crippen molar-refractivity contribution in [1.29, 1.82) is 0 Å². The minimum Gasteiger partial charge on any atom is -0.285 e. The Labute approximate surface area is 163 Å². The Kier molecular flexibility index (Phi) is 5.65. The standard InChI is InChI=1S/C18H13BrN2O3S2/c19-13-8-10-14(11-9-13)20-21-18(17(22)16-7-4-12-25-16)26(23,24)15-5-2-1-3-6-15/h1-12,20H/b21-18+. The molecule has 2 aromatic carbocycles. The second-order valence-corrected chi connectivity index (χ2v) is 8.89. The Morgan fingerprint density at radius 2 is 1.65 bits per heavy atom. The number of nitrogens with one attached hydrogen (secondary N) is 1. The number of anilines is 1. The van der Waals surface area contributed by atoms with E-state index < -0.39 is 20.7 Å². The fourth-order valence-electron chi connectivity index (χ4n) is 2.10. The SMILES string of the molecule is O=C(/C(=N\Nc1ccc(Br)cc1)S(=O)(=O)c1ccccc1)c1cccs1. The van der Waals surface area contributed by atoms with Gasteiger partial charge in [-0.05, 0) is 47.8 Å². The number of hydrazone groups is 1. The van der Waals surface area contributed by atoms with E-state index in [1.54, 1.807) is 60.0 Å². The summed E-state index contributed by atoms with van der Waals surface area (Å²) in [6, 6.07) is 18.0. The first-order valence-corrected chi connectivity index (χ1v) is 10.6. The molecule has 132 valence electrons. The number of ketones is 1. The first-order chi connectivity index (χ1) is 12.5. The van der Waals surface area contributed by atoms with Crippen molar-refractivity contribution in [3.8, 4) is 0 Å². The Morgan fingerprint density at radius 1 is 0.962 bits per heavy atom. The third kappa shape index (κ3) is 4.09. The van der Waals surface area contributed by atoms with E-state index >= 15 is 0 Å². The maximum atomic E-state index is 12.9. The Morgan fingerprint density at radius 3 is 2.27 bits per heavy atom. The molecule has 0 atom stereocenters. The van der Waals surface area contributed by atoms with Gasteiger partial charge in [-0.15, -0.1) is 11.3 Å². The van der Waals surface area contributed by atoms with Gasteiger partial charge in [0.05, 0.1) is 15.5 Å². The number of Topliss-reactive ketones (excluding diaryl/α,β-unsaturated/α-hetero) is 1. The molecule has 0 fully saturated rings. The highest BCUT2D eigenvalue weighted by molar-refractivity contribution is 9.10. The van der Waals surface area contributed by atoms with E-state index in [0.717, 1.165) is 4.47 Å². The van der Waals surface area contributed by atoms with E-state index in [-0.39, 0.29) is 4.90 Å². The molecule has 3 rings (SSSR count). The predicted molar refractivity (Wildman–Crippen MR) is 107 cm³/mol. The summed E-state index contributed by atoms with van der Waals surface area (Å²) in [7, 11) is -4.07. The molecule has 0 spiro atoms. The van der Waals surface area contributed by atoms with E-state index in [1.165, 1.54) is 23.5 Å². The summed E-state index contributed by atoms with van der Waals surface area (Å²) >= 11 is 4.49. The second kappa shape index (κ2) is 7.94. The lowest BCUT2D eigenvalue weighted by atomic mass is 10.3. The maximum absolute atomic E-state index is 12.9. The zero-order valence-corrected chi connectivity index (χ0v) is 16.5. The van der Waals surface area contributed by atoms with Gasteiger partial charge in [-0.2, -0.15) is 5.10 Å². The summed E-state index contributed by atoms with van der Waals surface area (Å²) in [5.41, 5.74) is 3.23. The predicted octanol–water partition coefficient (Wildman–Crippen LogP) is 4.59. The molecule has 0 saturated carbocycles. The van der Waals surface area contributed by atoms with Crippen LogP contribution in [0.25, 0.3) is 0 Å². The van der Waals surface area contributed by atoms with Crippen molar-refractivity contribution in [3.05, 3.63) is 81.5 Å². The molecule has 8 heteroatoms. The molecule has 0 unspecified atom stereocenters. The van der Waals surface area contributed by atoms with E-state index in [1.807, 2.05) is 0 Å². The van der Waals surface area contributed by atoms with Crippen molar-refractivity contribution >= 4 is 53.6 Å². The maximum Gasteiger partial charge on any atom is 0.235 e. The van der Waals surface area contributed by atoms with Crippen molar-refractivity contribution in [2.75, 3.05) is 5.43 Å². The van der Waals surface area contributed by atoms with Gasteiger partial charge < -0.3 is 0 Å². The van der Waals surface area contributed by atoms with Crippen LogP contribution in [0.2, 0.25) is 0 Å². The van der Waals surface area contributed by atoms with Crippen molar-refractivity contribution in [1.82, 2.24) is 0 Å². The summed E-state index contributed by atoms with van der Waals surface area (Å²) < 4.78 is 26.8. The molecule has 0 aliphatic heterocycles. The monoisotopic (exact) mass is 448 g/mol. The second-order valence-electron chi connectivity index (χ2n) is 5.16. The summed E-state index contributed by atoms with van der Waals surface area (Å²) in [6.45, 7) is 0. The minimum absolute atomic E-state index is 0.0151. The van der Waals surface area contributed by atoms with Crippen molar-refractivity contribution in [2.45, 2.75) is 4.90 Å². The van der Waals surface area contributed by atoms with Crippen LogP contribution in [0.15, 0.2) is 86.6 Å². The molecule has 0 aliphatic rings. The number of halogens is 1. The molecule has 0 aliphatic carbocycles. The van der Waals surface area contributed by atoms with Gasteiger partial charge in [0.25, 0.3) is 0 Å². The van der Waals surface area contributed by atoms with Crippen LogP contribution in [0.3, 0.4) is 0 Å². The topological polar surface area (TPSA) is 75.6 Å². The highest BCUT2D eigenvalue weighted by atomic mass is 79.9. The molecular formula is C18H13BrN2O3S2. The fraction of sp³-hybridized carbons (Fsp3) is 0. The van der Waals surface area contributed by atoms with Crippen LogP contribution >= 0.6 is 27.3 Å². The number of nitrogens with zero attached hydrogens (tertiary/aromatic N) is 1. The van der Waals surface area contributed by atoms with Crippen molar-refractivity contribution in [3.63, 3.8) is 0 Å². The van der Waals surface area contributed by atoms with Crippen molar-refractivity contribution < 1.29 is 13.2 Å². The lowest BCUT2D eigenvalue weighted by Gasteiger charge is -2.08. The van der Waals surface area contributed by atoms with Crippen LogP contribution in [0.1, 0.15) is 9.67 Å². The Balaban J connectivity index is 2.03. The molecule has 0 saturated heterocycles. The lowest BCUT2D eigenvalue weighted by Crippen LogP contribution is -2.25. The number of carbonyl (C=O) groups is 1. The van der Waals surface area contributed by atoms with Gasteiger partial charge in [0.2, 0.25) is 20.7 Å². The number of hydrogen-bond donors (Lipinski definition) is 1. The molecule has 1 aromatic heterocycles. The normalized spacial score (nSPS) is 12.0. The van der Waals surface area contributed by atoms with Gasteiger partial charge in [0, 0.05) is 4.47 Å². The smallest absolute Gasteiger partial charge is 0.235 e. The van der Waals surface area contributed by atoms with E-state index in [0.29, 0.717) is 10.6 Å². The average Bonchev–Trinajstić information content (AvgIpc) is 3.18. The van der Waals surface area contributed by atoms with Crippen LogP contribution < -0.4 is 5.43 Å². The van der Waals surface area contributed by atoms with Crippen LogP contribution in [0.5, 0.6) is 0 Å². The molecule has 0 radical (unpaired) electrons. The zero-order valence-electron chi connectivity index (χ0n) is 13.3. The Bertz CT molecular complexity index is 1030.